The highest BCUT2D eigenvalue weighted by molar-refractivity contribution is 5.83. The number of hydrogen-bond donors (Lipinski definition) is 3. The molecule has 5 heteroatoms. The fraction of sp³-hybridized carbons (Fsp3) is 0.0769. The number of hydrogen-bond acceptors (Lipinski definition) is 4. The van der Waals surface area contributed by atoms with Gasteiger partial charge in [0.15, 0.2) is 0 Å². The molecule has 0 bridgehead atoms. The van der Waals surface area contributed by atoms with E-state index in [9.17, 15) is 0 Å². The Kier molecular flexibility index (Phi) is 2.37. The largest absolute Gasteiger partial charge is 0.383 e. The van der Waals surface area contributed by atoms with Crippen molar-refractivity contribution >= 4 is 22.5 Å². The van der Waals surface area contributed by atoms with Crippen LogP contribution < -0.4 is 11.5 Å². The number of nitrogens with zero attached hydrogens (tertiary/aromatic N) is 2. The van der Waals surface area contributed by atoms with Crippen LogP contribution in [-0.2, 0) is 6.42 Å². The normalized spacial score (nSPS) is 10.9. The summed E-state index contributed by atoms with van der Waals surface area (Å²) in [4.78, 5) is 11.2. The average molecular weight is 239 g/mol. The van der Waals surface area contributed by atoms with Crippen molar-refractivity contribution in [1.82, 2.24) is 15.0 Å². The monoisotopic (exact) mass is 239 g/mol. The summed E-state index contributed by atoms with van der Waals surface area (Å²) in [6.45, 7) is 0. The molecule has 18 heavy (non-hydrogen) atoms. The highest BCUT2D eigenvalue weighted by Crippen LogP contribution is 2.24. The summed E-state index contributed by atoms with van der Waals surface area (Å²) >= 11 is 0. The standard InChI is InChI=1S/C13H13N5/c14-12-10(13(15)18-7-17-12)5-8-6-16-11-4-2-1-3-9(8)11/h1-4,6-7,16H,5H2,(H4,14,15,17,18). The molecular formula is C13H13N5. The first-order valence-electron chi connectivity index (χ1n) is 5.65. The molecule has 0 aliphatic rings. The summed E-state index contributed by atoms with van der Waals surface area (Å²) in [6, 6.07) is 8.11. The Balaban J connectivity index is 2.07. The van der Waals surface area contributed by atoms with Gasteiger partial charge in [0.05, 0.1) is 0 Å². The molecule has 5 nitrogen and oxygen atoms in total. The Morgan fingerprint density at radius 1 is 1.06 bits per heavy atom. The van der Waals surface area contributed by atoms with Crippen molar-refractivity contribution in [3.8, 4) is 0 Å². The van der Waals surface area contributed by atoms with Crippen molar-refractivity contribution in [3.05, 3.63) is 47.9 Å². The Hall–Kier alpha value is -2.56. The van der Waals surface area contributed by atoms with Crippen molar-refractivity contribution in [3.63, 3.8) is 0 Å². The van der Waals surface area contributed by atoms with Gasteiger partial charge in [-0.3, -0.25) is 0 Å². The van der Waals surface area contributed by atoms with Crippen LogP contribution in [0.1, 0.15) is 11.1 Å². The van der Waals surface area contributed by atoms with Gasteiger partial charge in [-0.2, -0.15) is 0 Å². The molecule has 0 fully saturated rings. The highest BCUT2D eigenvalue weighted by Gasteiger charge is 2.10. The van der Waals surface area contributed by atoms with Gasteiger partial charge in [0.25, 0.3) is 0 Å². The molecule has 0 atom stereocenters. The van der Waals surface area contributed by atoms with Gasteiger partial charge in [0, 0.05) is 29.1 Å². The highest BCUT2D eigenvalue weighted by atomic mass is 15.0. The van der Waals surface area contributed by atoms with Crippen LogP contribution in [0.25, 0.3) is 10.9 Å². The first kappa shape index (κ1) is 10.6. The third kappa shape index (κ3) is 1.66. The van der Waals surface area contributed by atoms with Gasteiger partial charge < -0.3 is 16.5 Å². The lowest BCUT2D eigenvalue weighted by atomic mass is 10.1. The van der Waals surface area contributed by atoms with E-state index in [4.69, 9.17) is 11.5 Å². The molecule has 90 valence electrons. The SMILES string of the molecule is Nc1ncnc(N)c1Cc1c[nH]c2ccccc12. The van der Waals surface area contributed by atoms with Gasteiger partial charge in [-0.25, -0.2) is 9.97 Å². The van der Waals surface area contributed by atoms with Crippen LogP contribution in [0.2, 0.25) is 0 Å². The first-order valence-corrected chi connectivity index (χ1v) is 5.65. The van der Waals surface area contributed by atoms with Crippen LogP contribution in [0.5, 0.6) is 0 Å². The zero-order valence-corrected chi connectivity index (χ0v) is 9.72. The van der Waals surface area contributed by atoms with Crippen LogP contribution >= 0.6 is 0 Å². The van der Waals surface area contributed by atoms with Gasteiger partial charge in [0.2, 0.25) is 0 Å². The molecule has 2 heterocycles. The molecule has 3 rings (SSSR count). The van der Waals surface area contributed by atoms with Gasteiger partial charge >= 0.3 is 0 Å². The second-order valence-corrected chi connectivity index (χ2v) is 4.16. The van der Waals surface area contributed by atoms with Crippen LogP contribution in [0.15, 0.2) is 36.8 Å². The lowest BCUT2D eigenvalue weighted by Crippen LogP contribution is -2.05. The molecule has 1 aromatic carbocycles. The second kappa shape index (κ2) is 4.03. The van der Waals surface area contributed by atoms with Crippen molar-refractivity contribution in [1.29, 1.82) is 0 Å². The smallest absolute Gasteiger partial charge is 0.132 e. The number of fused-ring (bicyclic) bond motifs is 1. The van der Waals surface area contributed by atoms with Crippen LogP contribution in [0, 0.1) is 0 Å². The number of anilines is 2. The molecule has 0 spiro atoms. The number of nitrogens with one attached hydrogen (secondary N) is 1. The number of benzene rings is 1. The molecule has 3 aromatic rings. The fourth-order valence-corrected chi connectivity index (χ4v) is 2.09. The molecule has 0 radical (unpaired) electrons. The topological polar surface area (TPSA) is 93.6 Å². The Labute approximate surface area is 104 Å². The zero-order chi connectivity index (χ0) is 12.5. The molecule has 0 amide bonds. The third-order valence-electron chi connectivity index (χ3n) is 3.05. The molecule has 2 aromatic heterocycles. The summed E-state index contributed by atoms with van der Waals surface area (Å²) < 4.78 is 0. The van der Waals surface area contributed by atoms with Gasteiger partial charge in [-0.05, 0) is 11.6 Å². The fourth-order valence-electron chi connectivity index (χ4n) is 2.09. The van der Waals surface area contributed by atoms with Crippen molar-refractivity contribution in [2.24, 2.45) is 0 Å². The van der Waals surface area contributed by atoms with Gasteiger partial charge in [0.1, 0.15) is 18.0 Å². The number of aromatic nitrogens is 3. The summed E-state index contributed by atoms with van der Waals surface area (Å²) in [5.74, 6) is 0.876. The number of para-hydroxylation sites is 1. The van der Waals surface area contributed by atoms with Crippen molar-refractivity contribution < 1.29 is 0 Å². The third-order valence-corrected chi connectivity index (χ3v) is 3.05. The predicted octanol–water partition coefficient (Wildman–Crippen LogP) is 1.71. The van der Waals surface area contributed by atoms with E-state index >= 15 is 0 Å². The quantitative estimate of drug-likeness (QED) is 0.634. The number of rotatable bonds is 2. The minimum Gasteiger partial charge on any atom is -0.383 e. The Morgan fingerprint density at radius 3 is 2.56 bits per heavy atom. The van der Waals surface area contributed by atoms with Crippen LogP contribution in [-0.4, -0.2) is 15.0 Å². The summed E-state index contributed by atoms with van der Waals surface area (Å²) in [5.41, 5.74) is 14.7. The van der Waals surface area contributed by atoms with Crippen molar-refractivity contribution in [2.75, 3.05) is 11.5 Å². The summed E-state index contributed by atoms with van der Waals surface area (Å²) in [5, 5.41) is 1.17. The van der Waals surface area contributed by atoms with E-state index in [-0.39, 0.29) is 0 Å². The number of nitrogen functional groups attached to an aromatic ring is 2. The van der Waals surface area contributed by atoms with Crippen molar-refractivity contribution in [2.45, 2.75) is 6.42 Å². The van der Waals surface area contributed by atoms with E-state index in [1.54, 1.807) is 0 Å². The average Bonchev–Trinajstić information content (AvgIpc) is 2.77. The van der Waals surface area contributed by atoms with Crippen LogP contribution in [0.4, 0.5) is 11.6 Å². The molecule has 0 aliphatic carbocycles. The van der Waals surface area contributed by atoms with E-state index in [1.807, 2.05) is 24.4 Å². The lowest BCUT2D eigenvalue weighted by Gasteiger charge is -2.06. The Bertz CT molecular complexity index is 681. The van der Waals surface area contributed by atoms with E-state index in [0.717, 1.165) is 16.6 Å². The number of aromatic amines is 1. The van der Waals surface area contributed by atoms with Crippen LogP contribution in [0.3, 0.4) is 0 Å². The van der Waals surface area contributed by atoms with Gasteiger partial charge in [-0.1, -0.05) is 18.2 Å². The maximum Gasteiger partial charge on any atom is 0.132 e. The van der Waals surface area contributed by atoms with E-state index in [0.29, 0.717) is 18.1 Å². The summed E-state index contributed by atoms with van der Waals surface area (Å²) in [6.07, 6.45) is 3.97. The molecule has 5 N–H and O–H groups in total. The Morgan fingerprint density at radius 2 is 1.78 bits per heavy atom. The second-order valence-electron chi connectivity index (χ2n) is 4.16. The lowest BCUT2D eigenvalue weighted by molar-refractivity contribution is 1.10. The summed E-state index contributed by atoms with van der Waals surface area (Å²) in [7, 11) is 0. The molecule has 0 saturated heterocycles. The molecule has 0 saturated carbocycles. The van der Waals surface area contributed by atoms with E-state index in [1.165, 1.54) is 11.7 Å². The molecule has 0 aliphatic heterocycles. The maximum absolute atomic E-state index is 5.84. The minimum absolute atomic E-state index is 0.438. The maximum atomic E-state index is 5.84. The zero-order valence-electron chi connectivity index (χ0n) is 9.72. The first-order chi connectivity index (χ1) is 8.75. The molecular weight excluding hydrogens is 226 g/mol. The minimum atomic E-state index is 0.438. The van der Waals surface area contributed by atoms with Gasteiger partial charge in [-0.15, -0.1) is 0 Å². The van der Waals surface area contributed by atoms with E-state index in [2.05, 4.69) is 21.0 Å². The number of H-pyrrole nitrogens is 1. The predicted molar refractivity (Wildman–Crippen MR) is 72.0 cm³/mol. The molecule has 0 unspecified atom stereocenters. The van der Waals surface area contributed by atoms with E-state index < -0.39 is 0 Å². The number of nitrogens with two attached hydrogens (primary N) is 2.